The fourth-order valence-corrected chi connectivity index (χ4v) is 0.301. The summed E-state index contributed by atoms with van der Waals surface area (Å²) < 4.78 is 0. The number of rotatable bonds is 2. The first-order valence-corrected chi connectivity index (χ1v) is 2.90. The van der Waals surface area contributed by atoms with Crippen LogP contribution in [0.25, 0.3) is 0 Å². The predicted molar refractivity (Wildman–Crippen MR) is 44.1 cm³/mol. The Morgan fingerprint density at radius 2 is 1.78 bits per heavy atom. The van der Waals surface area contributed by atoms with Gasteiger partial charge in [-0.25, -0.2) is 0 Å². The maximum atomic E-state index is 4.00. The Morgan fingerprint density at radius 3 is 1.89 bits per heavy atom. The van der Waals surface area contributed by atoms with Crippen molar-refractivity contribution in [1.29, 1.82) is 0 Å². The molecule has 0 aliphatic carbocycles. The zero-order chi connectivity index (χ0) is 7.70. The summed E-state index contributed by atoms with van der Waals surface area (Å²) >= 11 is 0. The van der Waals surface area contributed by atoms with Crippen LogP contribution in [0.3, 0.4) is 0 Å². The quantitative estimate of drug-likeness (QED) is 0.390. The molecule has 0 aliphatic rings. The van der Waals surface area contributed by atoms with E-state index < -0.39 is 0 Å². The van der Waals surface area contributed by atoms with Gasteiger partial charge in [0.2, 0.25) is 0 Å². The summed E-state index contributed by atoms with van der Waals surface area (Å²) in [5.74, 6) is 0.651. The number of allylic oxidation sites excluding steroid dienone is 3. The molecule has 0 unspecified atom stereocenters. The molecule has 0 spiro atoms. The van der Waals surface area contributed by atoms with Crippen molar-refractivity contribution in [3.63, 3.8) is 0 Å². The first-order chi connectivity index (χ1) is 4.27. The van der Waals surface area contributed by atoms with Crippen LogP contribution in [0.15, 0.2) is 24.8 Å². The lowest BCUT2D eigenvalue weighted by Crippen LogP contribution is -1.73. The highest BCUT2D eigenvalue weighted by molar-refractivity contribution is 4.98. The minimum absolute atomic E-state index is 0.651. The molecule has 0 aromatic heterocycles. The molecule has 0 heteroatoms. The van der Waals surface area contributed by atoms with Crippen LogP contribution in [0.1, 0.15) is 13.8 Å². The molecular formula is C9H14. The highest BCUT2D eigenvalue weighted by Gasteiger charge is 1.77. The topological polar surface area (TPSA) is 0 Å². The minimum atomic E-state index is 0.651. The lowest BCUT2D eigenvalue weighted by atomic mass is 10.2. The average Bonchev–Trinajstić information content (AvgIpc) is 1.88. The van der Waals surface area contributed by atoms with Crippen LogP contribution < -0.4 is 0 Å². The van der Waals surface area contributed by atoms with Crippen LogP contribution in [0, 0.1) is 18.8 Å². The standard InChI is InChI=1S/C7H12.C2H2/c1-4-5-6-7(2)3;1-2/h4-7H,1H2,2-3H3;1-2H/b6-5-;. The molecule has 0 rings (SSSR count). The summed E-state index contributed by atoms with van der Waals surface area (Å²) in [6.45, 7) is 7.82. The van der Waals surface area contributed by atoms with E-state index in [1.54, 1.807) is 6.08 Å². The zero-order valence-corrected chi connectivity index (χ0v) is 6.17. The Bertz CT molecular complexity index is 93.9. The van der Waals surface area contributed by atoms with Crippen molar-refractivity contribution in [3.05, 3.63) is 24.8 Å². The largest absolute Gasteiger partial charge is 0.124 e. The lowest BCUT2D eigenvalue weighted by Gasteiger charge is -1.87. The fraction of sp³-hybridized carbons (Fsp3) is 0.333. The molecule has 9 heavy (non-hydrogen) atoms. The maximum absolute atomic E-state index is 4.00. The number of hydrogen-bond donors (Lipinski definition) is 0. The summed E-state index contributed by atoms with van der Waals surface area (Å²) in [6, 6.07) is 0. The van der Waals surface area contributed by atoms with Crippen LogP contribution in [-0.4, -0.2) is 0 Å². The van der Waals surface area contributed by atoms with Crippen LogP contribution >= 0.6 is 0 Å². The van der Waals surface area contributed by atoms with Crippen LogP contribution in [0.2, 0.25) is 0 Å². The average molecular weight is 122 g/mol. The van der Waals surface area contributed by atoms with E-state index in [4.69, 9.17) is 0 Å². The third-order valence-corrected chi connectivity index (χ3v) is 0.632. The monoisotopic (exact) mass is 122 g/mol. The van der Waals surface area contributed by atoms with E-state index in [-0.39, 0.29) is 0 Å². The normalized spacial score (nSPS) is 8.56. The summed E-state index contributed by atoms with van der Waals surface area (Å²) in [7, 11) is 0. The van der Waals surface area contributed by atoms with E-state index in [0.29, 0.717) is 5.92 Å². The van der Waals surface area contributed by atoms with Gasteiger partial charge < -0.3 is 0 Å². The van der Waals surface area contributed by atoms with Crippen molar-refractivity contribution in [2.45, 2.75) is 13.8 Å². The summed E-state index contributed by atoms with van der Waals surface area (Å²) in [6.07, 6.45) is 13.9. The minimum Gasteiger partial charge on any atom is -0.124 e. The predicted octanol–water partition coefficient (Wildman–Crippen LogP) is 2.63. The van der Waals surface area contributed by atoms with Gasteiger partial charge in [0.05, 0.1) is 0 Å². The molecule has 0 aliphatic heterocycles. The second-order valence-corrected chi connectivity index (χ2v) is 1.86. The van der Waals surface area contributed by atoms with Crippen molar-refractivity contribution < 1.29 is 0 Å². The van der Waals surface area contributed by atoms with Gasteiger partial charge in [0.15, 0.2) is 0 Å². The first kappa shape index (κ1) is 10.9. The van der Waals surface area contributed by atoms with Crippen molar-refractivity contribution in [2.24, 2.45) is 5.92 Å². The molecule has 0 bridgehead atoms. The Morgan fingerprint density at radius 1 is 1.33 bits per heavy atom. The number of hydrogen-bond acceptors (Lipinski definition) is 0. The maximum Gasteiger partial charge on any atom is -0.0287 e. The molecule has 50 valence electrons. The first-order valence-electron chi connectivity index (χ1n) is 2.90. The molecule has 0 aromatic carbocycles. The van der Waals surface area contributed by atoms with Crippen LogP contribution in [-0.2, 0) is 0 Å². The van der Waals surface area contributed by atoms with E-state index in [2.05, 4.69) is 39.3 Å². The molecule has 0 saturated heterocycles. The van der Waals surface area contributed by atoms with Crippen molar-refractivity contribution in [2.75, 3.05) is 0 Å². The van der Waals surface area contributed by atoms with Crippen molar-refractivity contribution >= 4 is 0 Å². The summed E-state index contributed by atoms with van der Waals surface area (Å²) in [5, 5.41) is 0. The van der Waals surface area contributed by atoms with Gasteiger partial charge in [-0.2, -0.15) is 0 Å². The van der Waals surface area contributed by atoms with Crippen molar-refractivity contribution in [3.8, 4) is 12.8 Å². The highest BCUT2D eigenvalue weighted by Crippen LogP contribution is 1.91. The van der Waals surface area contributed by atoms with Crippen LogP contribution in [0.5, 0.6) is 0 Å². The second kappa shape index (κ2) is 10.1. The zero-order valence-electron chi connectivity index (χ0n) is 6.17. The van der Waals surface area contributed by atoms with E-state index in [1.807, 2.05) is 6.08 Å². The van der Waals surface area contributed by atoms with E-state index >= 15 is 0 Å². The molecule has 0 heterocycles. The van der Waals surface area contributed by atoms with Gasteiger partial charge in [-0.05, 0) is 5.92 Å². The van der Waals surface area contributed by atoms with Crippen LogP contribution in [0.4, 0.5) is 0 Å². The molecule has 0 nitrogen and oxygen atoms in total. The second-order valence-electron chi connectivity index (χ2n) is 1.86. The SMILES string of the molecule is C#C.C=C/C=C\C(C)C. The third kappa shape index (κ3) is 19.4. The Labute approximate surface area is 58.3 Å². The summed E-state index contributed by atoms with van der Waals surface area (Å²) in [4.78, 5) is 0. The van der Waals surface area contributed by atoms with Gasteiger partial charge >= 0.3 is 0 Å². The van der Waals surface area contributed by atoms with Gasteiger partial charge in [0.1, 0.15) is 0 Å². The van der Waals surface area contributed by atoms with E-state index in [0.717, 1.165) is 0 Å². The Hall–Kier alpha value is -0.960. The highest BCUT2D eigenvalue weighted by atomic mass is 13.8. The molecule has 0 amide bonds. The third-order valence-electron chi connectivity index (χ3n) is 0.632. The van der Waals surface area contributed by atoms with E-state index in [1.165, 1.54) is 0 Å². The lowest BCUT2D eigenvalue weighted by molar-refractivity contribution is 0.832. The molecule has 0 fully saturated rings. The van der Waals surface area contributed by atoms with Gasteiger partial charge in [0.25, 0.3) is 0 Å². The Balaban J connectivity index is 0. The molecule has 0 saturated carbocycles. The molecule has 0 N–H and O–H groups in total. The van der Waals surface area contributed by atoms with Gasteiger partial charge in [-0.1, -0.05) is 38.7 Å². The number of terminal acetylenes is 1. The summed E-state index contributed by atoms with van der Waals surface area (Å²) in [5.41, 5.74) is 0. The molecular weight excluding hydrogens is 108 g/mol. The van der Waals surface area contributed by atoms with Gasteiger partial charge in [-0.3, -0.25) is 0 Å². The van der Waals surface area contributed by atoms with Crippen molar-refractivity contribution in [1.82, 2.24) is 0 Å². The molecule has 0 radical (unpaired) electrons. The molecule has 0 atom stereocenters. The molecule has 0 aromatic rings. The van der Waals surface area contributed by atoms with Gasteiger partial charge in [0, 0.05) is 0 Å². The van der Waals surface area contributed by atoms with E-state index in [9.17, 15) is 0 Å². The van der Waals surface area contributed by atoms with Gasteiger partial charge in [-0.15, -0.1) is 12.8 Å². The Kier molecular flexibility index (Phi) is 12.3. The smallest absolute Gasteiger partial charge is 0.0287 e. The fourth-order valence-electron chi connectivity index (χ4n) is 0.301.